The molecule has 2 fully saturated rings. The molecule has 0 spiro atoms. The average Bonchev–Trinajstić information content (AvgIpc) is 3.17. The zero-order valence-electron chi connectivity index (χ0n) is 14.8. The molecule has 0 aromatic heterocycles. The highest BCUT2D eigenvalue weighted by Gasteiger charge is 2.36. The molecule has 0 amide bonds. The topological polar surface area (TPSA) is 86.8 Å². The molecule has 2 aliphatic rings. The fraction of sp³-hybridized carbons (Fsp3) is 0.625. The summed E-state index contributed by atoms with van der Waals surface area (Å²) in [7, 11) is -5.85. The predicted octanol–water partition coefficient (Wildman–Crippen LogP) is 1.27. The van der Waals surface area contributed by atoms with E-state index in [9.17, 15) is 16.8 Å². The fourth-order valence-electron chi connectivity index (χ4n) is 3.48. The Morgan fingerprint density at radius 3 is 1.92 bits per heavy atom. The summed E-state index contributed by atoms with van der Waals surface area (Å²) in [5.41, 5.74) is 0. The van der Waals surface area contributed by atoms with Crippen molar-refractivity contribution < 1.29 is 16.8 Å². The van der Waals surface area contributed by atoms with Crippen LogP contribution in [0, 0.1) is 0 Å². The second-order valence-electron chi connectivity index (χ2n) is 6.55. The lowest BCUT2D eigenvalue weighted by atomic mass is 10.1. The smallest absolute Gasteiger partial charge is 0.244 e. The minimum atomic E-state index is -3.86. The van der Waals surface area contributed by atoms with Crippen LogP contribution in [0.4, 0.5) is 0 Å². The number of hydrogen-bond acceptors (Lipinski definition) is 5. The molecule has 7 nitrogen and oxygen atoms in total. The van der Waals surface area contributed by atoms with E-state index in [0.717, 1.165) is 25.7 Å². The molecular weight excluding hydrogens is 398 g/mol. The molecule has 1 aromatic carbocycles. The van der Waals surface area contributed by atoms with Gasteiger partial charge in [-0.3, -0.25) is 0 Å². The minimum Gasteiger partial charge on any atom is -0.316 e. The Labute approximate surface area is 162 Å². The normalized spacial score (nSPS) is 22.9. The predicted molar refractivity (Wildman–Crippen MR) is 103 cm³/mol. The Morgan fingerprint density at radius 2 is 1.38 bits per heavy atom. The molecule has 0 aliphatic carbocycles. The molecular formula is C16H26ClN3O4S2. The Kier molecular flexibility index (Phi) is 7.09. The fourth-order valence-corrected chi connectivity index (χ4v) is 7.30. The number of sulfonamides is 2. The molecule has 1 N–H and O–H groups in total. The highest BCUT2D eigenvalue weighted by Crippen LogP contribution is 2.29. The van der Waals surface area contributed by atoms with Crippen LogP contribution in [-0.2, 0) is 20.0 Å². The molecule has 2 heterocycles. The Bertz CT molecular complexity index is 824. The molecule has 26 heavy (non-hydrogen) atoms. The zero-order chi connectivity index (χ0) is 18.1. The van der Waals surface area contributed by atoms with Crippen LogP contribution >= 0.6 is 12.4 Å². The third-order valence-electron chi connectivity index (χ3n) is 4.94. The van der Waals surface area contributed by atoms with E-state index in [0.29, 0.717) is 26.2 Å². The molecule has 0 saturated carbocycles. The molecule has 0 radical (unpaired) electrons. The second kappa shape index (κ2) is 8.53. The molecule has 3 rings (SSSR count). The van der Waals surface area contributed by atoms with Crippen LogP contribution in [-0.4, -0.2) is 64.7 Å². The van der Waals surface area contributed by atoms with Crippen LogP contribution in [0.5, 0.6) is 0 Å². The van der Waals surface area contributed by atoms with Crippen molar-refractivity contribution in [1.29, 1.82) is 0 Å². The summed E-state index contributed by atoms with van der Waals surface area (Å²) >= 11 is 0. The van der Waals surface area contributed by atoms with Gasteiger partial charge in [0.1, 0.15) is 9.79 Å². The van der Waals surface area contributed by atoms with Gasteiger partial charge in [0.15, 0.2) is 0 Å². The standard InChI is InChI=1S/C16H25N3O4S2.ClH/c1-17-14-7-6-12-19(13-14)25(22,23)16-9-3-2-8-15(16)24(20,21)18-10-4-5-11-18;/h2-3,8-9,14,17H,4-7,10-13H2,1H3;1H. The van der Waals surface area contributed by atoms with Gasteiger partial charge >= 0.3 is 0 Å². The van der Waals surface area contributed by atoms with Gasteiger partial charge < -0.3 is 5.32 Å². The Morgan fingerprint density at radius 1 is 0.885 bits per heavy atom. The van der Waals surface area contributed by atoms with Crippen molar-refractivity contribution >= 4 is 32.5 Å². The summed E-state index contributed by atoms with van der Waals surface area (Å²) in [5.74, 6) is 0. The third kappa shape index (κ3) is 4.07. The minimum absolute atomic E-state index is 0. The molecule has 1 atom stereocenters. The summed E-state index contributed by atoms with van der Waals surface area (Å²) < 4.78 is 54.9. The average molecular weight is 424 g/mol. The number of hydrogen-bond donors (Lipinski definition) is 1. The summed E-state index contributed by atoms with van der Waals surface area (Å²) in [6.45, 7) is 1.67. The largest absolute Gasteiger partial charge is 0.316 e. The van der Waals surface area contributed by atoms with Crippen molar-refractivity contribution in [2.45, 2.75) is 41.5 Å². The summed E-state index contributed by atoms with van der Waals surface area (Å²) in [5, 5.41) is 3.11. The summed E-state index contributed by atoms with van der Waals surface area (Å²) in [4.78, 5) is -0.220. The van der Waals surface area contributed by atoms with Crippen LogP contribution in [0.15, 0.2) is 34.1 Å². The lowest BCUT2D eigenvalue weighted by molar-refractivity contribution is 0.292. The van der Waals surface area contributed by atoms with E-state index in [1.165, 1.54) is 20.7 Å². The number of halogens is 1. The maximum Gasteiger partial charge on any atom is 0.244 e. The number of rotatable bonds is 5. The number of nitrogens with one attached hydrogen (secondary N) is 1. The molecule has 2 aliphatic heterocycles. The first-order valence-corrected chi connectivity index (χ1v) is 11.5. The number of likely N-dealkylation sites (N-methyl/N-ethyl adjacent to an activating group) is 1. The van der Waals surface area contributed by atoms with E-state index in [1.54, 1.807) is 12.1 Å². The van der Waals surface area contributed by atoms with Crippen molar-refractivity contribution in [2.75, 3.05) is 33.2 Å². The molecule has 1 unspecified atom stereocenters. The first kappa shape index (κ1) is 21.6. The molecule has 2 saturated heterocycles. The van der Waals surface area contributed by atoms with E-state index in [2.05, 4.69) is 5.32 Å². The van der Waals surface area contributed by atoms with Gasteiger partial charge in [0.25, 0.3) is 0 Å². The van der Waals surface area contributed by atoms with Crippen LogP contribution in [0.3, 0.4) is 0 Å². The van der Waals surface area contributed by atoms with E-state index >= 15 is 0 Å². The van der Waals surface area contributed by atoms with Gasteiger partial charge in [-0.2, -0.15) is 8.61 Å². The van der Waals surface area contributed by atoms with Gasteiger partial charge in [-0.25, -0.2) is 16.8 Å². The quantitative estimate of drug-likeness (QED) is 0.770. The Hall–Kier alpha value is -0.710. The van der Waals surface area contributed by atoms with Gasteiger partial charge in [0, 0.05) is 32.2 Å². The summed E-state index contributed by atoms with van der Waals surface area (Å²) in [6, 6.07) is 6.05. The van der Waals surface area contributed by atoms with Crippen LogP contribution in [0.25, 0.3) is 0 Å². The van der Waals surface area contributed by atoms with Crippen LogP contribution < -0.4 is 5.32 Å². The van der Waals surface area contributed by atoms with Gasteiger partial charge in [-0.1, -0.05) is 12.1 Å². The van der Waals surface area contributed by atoms with Crippen molar-refractivity contribution in [3.8, 4) is 0 Å². The van der Waals surface area contributed by atoms with Crippen molar-refractivity contribution in [3.63, 3.8) is 0 Å². The SMILES string of the molecule is CNC1CCCN(S(=O)(=O)c2ccccc2S(=O)(=O)N2CCCC2)C1.Cl. The van der Waals surface area contributed by atoms with Gasteiger partial charge in [0.2, 0.25) is 20.0 Å². The molecule has 10 heteroatoms. The highest BCUT2D eigenvalue weighted by atomic mass is 35.5. The van der Waals surface area contributed by atoms with E-state index in [-0.39, 0.29) is 28.2 Å². The first-order chi connectivity index (χ1) is 11.9. The monoisotopic (exact) mass is 423 g/mol. The van der Waals surface area contributed by atoms with Crippen molar-refractivity contribution in [3.05, 3.63) is 24.3 Å². The van der Waals surface area contributed by atoms with Gasteiger partial charge in [-0.15, -0.1) is 12.4 Å². The van der Waals surface area contributed by atoms with Crippen molar-refractivity contribution in [1.82, 2.24) is 13.9 Å². The lowest BCUT2D eigenvalue weighted by Crippen LogP contribution is -2.47. The molecule has 0 bridgehead atoms. The van der Waals surface area contributed by atoms with E-state index in [1.807, 2.05) is 7.05 Å². The lowest BCUT2D eigenvalue weighted by Gasteiger charge is -2.32. The summed E-state index contributed by atoms with van der Waals surface area (Å²) in [6.07, 6.45) is 3.29. The Balaban J connectivity index is 0.00000243. The van der Waals surface area contributed by atoms with E-state index in [4.69, 9.17) is 0 Å². The maximum atomic E-state index is 13.1. The van der Waals surface area contributed by atoms with Crippen LogP contribution in [0.1, 0.15) is 25.7 Å². The first-order valence-electron chi connectivity index (χ1n) is 8.64. The second-order valence-corrected chi connectivity index (χ2v) is 10.4. The van der Waals surface area contributed by atoms with Crippen molar-refractivity contribution in [2.24, 2.45) is 0 Å². The highest BCUT2D eigenvalue weighted by molar-refractivity contribution is 7.92. The van der Waals surface area contributed by atoms with Crippen LogP contribution in [0.2, 0.25) is 0 Å². The maximum absolute atomic E-state index is 13.1. The third-order valence-corrected chi connectivity index (χ3v) is 8.95. The van der Waals surface area contributed by atoms with Gasteiger partial charge in [0.05, 0.1) is 0 Å². The number of piperidine rings is 1. The number of benzene rings is 1. The molecule has 1 aromatic rings. The van der Waals surface area contributed by atoms with Gasteiger partial charge in [-0.05, 0) is 44.9 Å². The number of nitrogens with zero attached hydrogens (tertiary/aromatic N) is 2. The molecule has 148 valence electrons. The zero-order valence-corrected chi connectivity index (χ0v) is 17.2. The van der Waals surface area contributed by atoms with E-state index < -0.39 is 20.0 Å².